The van der Waals surface area contributed by atoms with Crippen LogP contribution in [0.3, 0.4) is 0 Å². The van der Waals surface area contributed by atoms with Gasteiger partial charge in [-0.3, -0.25) is 9.59 Å². The van der Waals surface area contributed by atoms with E-state index in [1.54, 1.807) is 83.1 Å². The minimum Gasteiger partial charge on any atom is -0.460 e. The number of hydrogen-bond acceptors (Lipinski definition) is 12. The average Bonchev–Trinajstić information content (AvgIpc) is 2.78. The second kappa shape index (κ2) is 17.2. The molecule has 2 amide bonds. The minimum atomic E-state index is -1.28. The van der Waals surface area contributed by atoms with Gasteiger partial charge in [0.15, 0.2) is 0 Å². The second-order valence-corrected chi connectivity index (χ2v) is 14.5. The largest absolute Gasteiger partial charge is 0.460 e. The average molecular weight is 647 g/mol. The Balaban J connectivity index is 5.46. The lowest BCUT2D eigenvalue weighted by atomic mass is 10.1. The van der Waals surface area contributed by atoms with Crippen LogP contribution >= 0.6 is 0 Å². The van der Waals surface area contributed by atoms with Gasteiger partial charge >= 0.3 is 36.1 Å². The summed E-state index contributed by atoms with van der Waals surface area (Å²) in [5.74, 6) is -2.96. The van der Waals surface area contributed by atoms with E-state index < -0.39 is 83.3 Å². The van der Waals surface area contributed by atoms with Crippen LogP contribution in [0.2, 0.25) is 0 Å². The van der Waals surface area contributed by atoms with Crippen molar-refractivity contribution in [3.8, 4) is 0 Å². The summed E-state index contributed by atoms with van der Waals surface area (Å²) in [6, 6.07) is -2.55. The molecule has 14 nitrogen and oxygen atoms in total. The summed E-state index contributed by atoms with van der Waals surface area (Å²) in [5.41, 5.74) is -3.18. The van der Waals surface area contributed by atoms with E-state index in [4.69, 9.17) is 28.4 Å². The molecule has 0 aliphatic rings. The van der Waals surface area contributed by atoms with Crippen LogP contribution in [-0.2, 0) is 47.6 Å². The Morgan fingerprint density at radius 2 is 0.867 bits per heavy atom. The summed E-state index contributed by atoms with van der Waals surface area (Å²) < 4.78 is 31.7. The van der Waals surface area contributed by atoms with Crippen molar-refractivity contribution in [3.63, 3.8) is 0 Å². The van der Waals surface area contributed by atoms with Crippen LogP contribution < -0.4 is 10.6 Å². The van der Waals surface area contributed by atoms with Gasteiger partial charge in [0.2, 0.25) is 0 Å². The van der Waals surface area contributed by atoms with Crippen molar-refractivity contribution in [1.29, 1.82) is 0 Å². The zero-order valence-electron chi connectivity index (χ0n) is 29.2. The summed E-state index contributed by atoms with van der Waals surface area (Å²) in [4.78, 5) is 75.1. The van der Waals surface area contributed by atoms with Gasteiger partial charge in [0.1, 0.15) is 47.2 Å². The topological polar surface area (TPSA) is 182 Å². The Morgan fingerprint density at radius 3 is 1.20 bits per heavy atom. The third-order valence-corrected chi connectivity index (χ3v) is 4.84. The van der Waals surface area contributed by atoms with Gasteiger partial charge < -0.3 is 39.1 Å². The predicted octanol–water partition coefficient (Wildman–Crippen LogP) is 4.49. The van der Waals surface area contributed by atoms with Crippen molar-refractivity contribution in [2.75, 3.05) is 6.61 Å². The monoisotopic (exact) mass is 646 g/mol. The fourth-order valence-corrected chi connectivity index (χ4v) is 3.32. The van der Waals surface area contributed by atoms with Gasteiger partial charge in [0, 0.05) is 12.8 Å². The summed E-state index contributed by atoms with van der Waals surface area (Å²) in [7, 11) is 0. The Morgan fingerprint density at radius 1 is 0.533 bits per heavy atom. The molecule has 14 heteroatoms. The normalized spacial score (nSPS) is 14.2. The molecule has 0 aliphatic carbocycles. The minimum absolute atomic E-state index is 0.145. The zero-order chi connectivity index (χ0) is 35.4. The number of carbonyl (C=O) groups is 6. The van der Waals surface area contributed by atoms with E-state index in [0.717, 1.165) is 0 Å². The van der Waals surface area contributed by atoms with Gasteiger partial charge in [-0.2, -0.15) is 0 Å². The Kier molecular flexibility index (Phi) is 15.8. The Labute approximate surface area is 266 Å². The fraction of sp³-hybridized carbons (Fsp3) is 0.806. The van der Waals surface area contributed by atoms with Crippen LogP contribution in [0.1, 0.15) is 116 Å². The molecule has 0 fully saturated rings. The van der Waals surface area contributed by atoms with E-state index in [1.807, 2.05) is 0 Å². The molecule has 0 saturated heterocycles. The van der Waals surface area contributed by atoms with E-state index in [1.165, 1.54) is 6.92 Å². The first kappa shape index (κ1) is 41.4. The van der Waals surface area contributed by atoms with Crippen molar-refractivity contribution >= 4 is 36.1 Å². The number of esters is 4. The first-order valence-electron chi connectivity index (χ1n) is 15.0. The third-order valence-electron chi connectivity index (χ3n) is 4.84. The lowest BCUT2D eigenvalue weighted by Gasteiger charge is -2.25. The molecule has 260 valence electrons. The third kappa shape index (κ3) is 22.6. The molecule has 2 N–H and O–H groups in total. The molecular weight excluding hydrogens is 592 g/mol. The van der Waals surface area contributed by atoms with Crippen molar-refractivity contribution in [2.24, 2.45) is 0 Å². The number of alkyl carbamates (subject to hydrolysis) is 2. The fourth-order valence-electron chi connectivity index (χ4n) is 3.32. The van der Waals surface area contributed by atoms with Crippen molar-refractivity contribution in [2.45, 2.75) is 156 Å². The number of amides is 2. The maximum absolute atomic E-state index is 13.0. The molecule has 0 aromatic rings. The van der Waals surface area contributed by atoms with E-state index >= 15 is 0 Å². The summed E-state index contributed by atoms with van der Waals surface area (Å²) in [6.07, 6.45) is -3.49. The highest BCUT2D eigenvalue weighted by Gasteiger charge is 2.31. The van der Waals surface area contributed by atoms with Gasteiger partial charge in [-0.1, -0.05) is 0 Å². The SMILES string of the molecule is CC(COC(=O)[C@H](CCC(=O)OC(C)(C)C)NC(=O)OC(C)(C)C)OC(=O)[C@H](CCC(=O)OC(C)(C)C)NC(=O)OC(C)(C)C. The number of ether oxygens (including phenoxy) is 6. The van der Waals surface area contributed by atoms with Crippen molar-refractivity contribution < 1.29 is 57.2 Å². The van der Waals surface area contributed by atoms with E-state index in [9.17, 15) is 28.8 Å². The first-order valence-corrected chi connectivity index (χ1v) is 15.0. The summed E-state index contributed by atoms with van der Waals surface area (Å²) >= 11 is 0. The Hall–Kier alpha value is -3.58. The maximum atomic E-state index is 13.0. The molecule has 3 atom stereocenters. The van der Waals surface area contributed by atoms with Crippen LogP contribution in [0.5, 0.6) is 0 Å². The van der Waals surface area contributed by atoms with Crippen LogP contribution in [0.4, 0.5) is 9.59 Å². The molecule has 0 aliphatic heterocycles. The smallest absolute Gasteiger partial charge is 0.408 e. The molecular formula is C31H54N2O12. The number of rotatable bonds is 13. The van der Waals surface area contributed by atoms with Crippen molar-refractivity contribution in [3.05, 3.63) is 0 Å². The molecule has 45 heavy (non-hydrogen) atoms. The highest BCUT2D eigenvalue weighted by molar-refractivity contribution is 5.83. The van der Waals surface area contributed by atoms with Crippen LogP contribution in [0.15, 0.2) is 0 Å². The quantitative estimate of drug-likeness (QED) is 0.212. The lowest BCUT2D eigenvalue weighted by Crippen LogP contribution is -2.46. The predicted molar refractivity (Wildman–Crippen MR) is 163 cm³/mol. The molecule has 0 heterocycles. The number of hydrogen-bond donors (Lipinski definition) is 2. The molecule has 0 aromatic carbocycles. The van der Waals surface area contributed by atoms with Gasteiger partial charge in [0.25, 0.3) is 0 Å². The van der Waals surface area contributed by atoms with Crippen molar-refractivity contribution in [1.82, 2.24) is 10.6 Å². The van der Waals surface area contributed by atoms with E-state index in [0.29, 0.717) is 0 Å². The standard InChI is InChI=1S/C31H54N2O12/c1-19(41-25(37)21(33-27(39)45-31(11,12)13)15-17-23(35)43-29(5,6)7)18-40-24(36)20(32-26(38)44-30(8,9)10)14-16-22(34)42-28(2,3)4/h19-21H,14-18H2,1-13H3,(H,32,38)(H,33,39)/t19?,20-,21-/m0/s1. The van der Waals surface area contributed by atoms with Gasteiger partial charge in [-0.25, -0.2) is 19.2 Å². The lowest BCUT2D eigenvalue weighted by molar-refractivity contribution is -0.162. The molecule has 0 spiro atoms. The van der Waals surface area contributed by atoms with E-state index in [-0.39, 0.29) is 25.7 Å². The summed E-state index contributed by atoms with van der Waals surface area (Å²) in [5, 5.41) is 4.81. The van der Waals surface area contributed by atoms with Crippen LogP contribution in [0, 0.1) is 0 Å². The summed E-state index contributed by atoms with van der Waals surface area (Å²) in [6.45, 7) is 21.1. The highest BCUT2D eigenvalue weighted by atomic mass is 16.6. The van der Waals surface area contributed by atoms with Gasteiger partial charge in [-0.15, -0.1) is 0 Å². The molecule has 0 rings (SSSR count). The zero-order valence-corrected chi connectivity index (χ0v) is 29.2. The van der Waals surface area contributed by atoms with Gasteiger partial charge in [-0.05, 0) is 103 Å². The Bertz CT molecular complexity index is 1030. The van der Waals surface area contributed by atoms with Crippen LogP contribution in [-0.4, -0.2) is 83.3 Å². The molecule has 0 bridgehead atoms. The number of nitrogens with one attached hydrogen (secondary N) is 2. The highest BCUT2D eigenvalue weighted by Crippen LogP contribution is 2.14. The first-order chi connectivity index (χ1) is 20.2. The van der Waals surface area contributed by atoms with Crippen LogP contribution in [0.25, 0.3) is 0 Å². The molecule has 0 aromatic heterocycles. The molecule has 1 unspecified atom stereocenters. The molecule has 0 radical (unpaired) electrons. The second-order valence-electron chi connectivity index (χ2n) is 14.5. The van der Waals surface area contributed by atoms with Gasteiger partial charge in [0.05, 0.1) is 0 Å². The number of carbonyl (C=O) groups excluding carboxylic acids is 6. The molecule has 0 saturated carbocycles. The maximum Gasteiger partial charge on any atom is 0.408 e. The van der Waals surface area contributed by atoms with E-state index in [2.05, 4.69) is 10.6 Å².